The molecule has 4 N–H and O–H groups in total. The van der Waals surface area contributed by atoms with E-state index in [1.54, 1.807) is 12.1 Å². The maximum atomic E-state index is 11.8. The Labute approximate surface area is 144 Å². The lowest BCUT2D eigenvalue weighted by Gasteiger charge is -2.22. The van der Waals surface area contributed by atoms with Gasteiger partial charge in [-0.25, -0.2) is 13.6 Å². The van der Waals surface area contributed by atoms with Crippen LogP contribution in [0.4, 0.5) is 0 Å². The van der Waals surface area contributed by atoms with E-state index >= 15 is 0 Å². The van der Waals surface area contributed by atoms with Crippen molar-refractivity contribution in [1.82, 2.24) is 10.6 Å². The summed E-state index contributed by atoms with van der Waals surface area (Å²) < 4.78 is 22.4. The zero-order chi connectivity index (χ0) is 17.4. The lowest BCUT2D eigenvalue weighted by atomic mass is 9.95. The minimum absolute atomic E-state index is 0.0412. The van der Waals surface area contributed by atoms with E-state index in [2.05, 4.69) is 10.6 Å². The Balaban J connectivity index is 1.61. The molecule has 0 bridgehead atoms. The number of amides is 1. The van der Waals surface area contributed by atoms with Gasteiger partial charge in [0, 0.05) is 25.6 Å². The van der Waals surface area contributed by atoms with Crippen molar-refractivity contribution in [2.75, 3.05) is 13.1 Å². The summed E-state index contributed by atoms with van der Waals surface area (Å²) in [7, 11) is -3.65. The SMILES string of the molecule is NS(=O)(=O)c1ccc(CCNC(=O)CCNC2CCCCC2)cc1. The molecule has 0 heterocycles. The lowest BCUT2D eigenvalue weighted by molar-refractivity contribution is -0.121. The molecule has 0 aromatic heterocycles. The number of rotatable bonds is 8. The van der Waals surface area contributed by atoms with Crippen molar-refractivity contribution in [2.45, 2.75) is 55.9 Å². The summed E-state index contributed by atoms with van der Waals surface area (Å²) in [6.07, 6.45) is 7.49. The van der Waals surface area contributed by atoms with Crippen LogP contribution in [0.25, 0.3) is 0 Å². The highest BCUT2D eigenvalue weighted by Gasteiger charge is 2.12. The summed E-state index contributed by atoms with van der Waals surface area (Å²) in [6.45, 7) is 1.26. The van der Waals surface area contributed by atoms with E-state index < -0.39 is 10.0 Å². The molecule has 134 valence electrons. The molecule has 2 rings (SSSR count). The lowest BCUT2D eigenvalue weighted by Crippen LogP contribution is -2.35. The van der Waals surface area contributed by atoms with Crippen molar-refractivity contribution >= 4 is 15.9 Å². The molecule has 0 saturated heterocycles. The van der Waals surface area contributed by atoms with Gasteiger partial charge in [0.05, 0.1) is 4.90 Å². The van der Waals surface area contributed by atoms with Gasteiger partial charge in [-0.3, -0.25) is 4.79 Å². The normalized spacial score (nSPS) is 16.0. The molecule has 1 amide bonds. The molecule has 7 heteroatoms. The van der Waals surface area contributed by atoms with Crippen LogP contribution < -0.4 is 15.8 Å². The monoisotopic (exact) mass is 353 g/mol. The molecule has 1 aromatic rings. The molecule has 0 aliphatic heterocycles. The molecule has 1 aromatic carbocycles. The molecule has 0 radical (unpaired) electrons. The zero-order valence-electron chi connectivity index (χ0n) is 14.0. The fourth-order valence-electron chi connectivity index (χ4n) is 2.98. The minimum atomic E-state index is -3.65. The van der Waals surface area contributed by atoms with Crippen LogP contribution in [0.2, 0.25) is 0 Å². The van der Waals surface area contributed by atoms with E-state index in [1.807, 2.05) is 0 Å². The second-order valence-electron chi connectivity index (χ2n) is 6.33. The molecule has 6 nitrogen and oxygen atoms in total. The van der Waals surface area contributed by atoms with Crippen LogP contribution in [-0.2, 0) is 21.2 Å². The number of hydrogen-bond acceptors (Lipinski definition) is 4. The highest BCUT2D eigenvalue weighted by molar-refractivity contribution is 7.89. The third-order valence-corrected chi connectivity index (χ3v) is 5.31. The fraction of sp³-hybridized carbons (Fsp3) is 0.588. The van der Waals surface area contributed by atoms with Crippen LogP contribution in [0.3, 0.4) is 0 Å². The van der Waals surface area contributed by atoms with Crippen LogP contribution in [0.15, 0.2) is 29.2 Å². The van der Waals surface area contributed by atoms with Crippen LogP contribution in [0, 0.1) is 0 Å². The van der Waals surface area contributed by atoms with E-state index in [-0.39, 0.29) is 10.8 Å². The van der Waals surface area contributed by atoms with Crippen LogP contribution in [0.5, 0.6) is 0 Å². The summed E-state index contributed by atoms with van der Waals surface area (Å²) in [5.41, 5.74) is 0.961. The Bertz CT molecular complexity index is 623. The zero-order valence-corrected chi connectivity index (χ0v) is 14.8. The van der Waals surface area contributed by atoms with Crippen molar-refractivity contribution < 1.29 is 13.2 Å². The number of nitrogens with two attached hydrogens (primary N) is 1. The first-order valence-electron chi connectivity index (χ1n) is 8.57. The molecule has 0 atom stereocenters. The van der Waals surface area contributed by atoms with Gasteiger partial charge >= 0.3 is 0 Å². The van der Waals surface area contributed by atoms with Crippen molar-refractivity contribution in [3.63, 3.8) is 0 Å². The number of hydrogen-bond donors (Lipinski definition) is 3. The minimum Gasteiger partial charge on any atom is -0.356 e. The molecule has 1 aliphatic carbocycles. The smallest absolute Gasteiger partial charge is 0.238 e. The topological polar surface area (TPSA) is 101 Å². The van der Waals surface area contributed by atoms with Crippen LogP contribution in [-0.4, -0.2) is 33.5 Å². The molecule has 1 aliphatic rings. The predicted octanol–water partition coefficient (Wildman–Crippen LogP) is 1.31. The number of carbonyl (C=O) groups excluding carboxylic acids is 1. The molecule has 24 heavy (non-hydrogen) atoms. The molecular weight excluding hydrogens is 326 g/mol. The largest absolute Gasteiger partial charge is 0.356 e. The second kappa shape index (κ2) is 9.15. The number of primary sulfonamides is 1. The Kier molecular flexibility index (Phi) is 7.20. The van der Waals surface area contributed by atoms with Gasteiger partial charge in [-0.05, 0) is 37.0 Å². The summed E-state index contributed by atoms with van der Waals surface area (Å²) in [5.74, 6) is 0.0412. The van der Waals surface area contributed by atoms with Crippen molar-refractivity contribution in [3.05, 3.63) is 29.8 Å². The van der Waals surface area contributed by atoms with E-state index in [9.17, 15) is 13.2 Å². The third kappa shape index (κ3) is 6.59. The molecule has 0 spiro atoms. The summed E-state index contributed by atoms with van der Waals surface area (Å²) >= 11 is 0. The van der Waals surface area contributed by atoms with Gasteiger partial charge in [-0.15, -0.1) is 0 Å². The average molecular weight is 353 g/mol. The van der Waals surface area contributed by atoms with Crippen molar-refractivity contribution in [2.24, 2.45) is 5.14 Å². The number of nitrogens with one attached hydrogen (secondary N) is 2. The van der Waals surface area contributed by atoms with Gasteiger partial charge in [0.1, 0.15) is 0 Å². The first-order chi connectivity index (χ1) is 11.4. The summed E-state index contributed by atoms with van der Waals surface area (Å²) in [4.78, 5) is 11.9. The van der Waals surface area contributed by atoms with E-state index in [1.165, 1.54) is 44.2 Å². The number of carbonyl (C=O) groups is 1. The van der Waals surface area contributed by atoms with Gasteiger partial charge < -0.3 is 10.6 Å². The van der Waals surface area contributed by atoms with Crippen molar-refractivity contribution in [1.29, 1.82) is 0 Å². The highest BCUT2D eigenvalue weighted by atomic mass is 32.2. The van der Waals surface area contributed by atoms with Gasteiger partial charge in [-0.2, -0.15) is 0 Å². The molecule has 1 saturated carbocycles. The van der Waals surface area contributed by atoms with Crippen molar-refractivity contribution in [3.8, 4) is 0 Å². The fourth-order valence-corrected chi connectivity index (χ4v) is 3.49. The Morgan fingerprint density at radius 1 is 1.08 bits per heavy atom. The predicted molar refractivity (Wildman–Crippen MR) is 94.0 cm³/mol. The quantitative estimate of drug-likeness (QED) is 0.656. The van der Waals surface area contributed by atoms with Crippen LogP contribution in [0.1, 0.15) is 44.1 Å². The van der Waals surface area contributed by atoms with E-state index in [0.717, 1.165) is 12.1 Å². The Morgan fingerprint density at radius 3 is 2.38 bits per heavy atom. The van der Waals surface area contributed by atoms with E-state index in [0.29, 0.717) is 25.4 Å². The second-order valence-corrected chi connectivity index (χ2v) is 7.89. The van der Waals surface area contributed by atoms with E-state index in [4.69, 9.17) is 5.14 Å². The Hall–Kier alpha value is -1.44. The third-order valence-electron chi connectivity index (χ3n) is 4.38. The number of benzene rings is 1. The summed E-state index contributed by atoms with van der Waals surface area (Å²) in [6, 6.07) is 6.98. The molecule has 1 fully saturated rings. The van der Waals surface area contributed by atoms with Gasteiger partial charge in [-0.1, -0.05) is 31.4 Å². The Morgan fingerprint density at radius 2 is 1.75 bits per heavy atom. The van der Waals surface area contributed by atoms with Gasteiger partial charge in [0.25, 0.3) is 0 Å². The molecular formula is C17H27N3O3S. The van der Waals surface area contributed by atoms with Crippen LogP contribution >= 0.6 is 0 Å². The standard InChI is InChI=1S/C17H27N3O3S/c18-24(22,23)16-8-6-14(7-9-16)10-12-20-17(21)11-13-19-15-4-2-1-3-5-15/h6-9,15,19H,1-5,10-13H2,(H,20,21)(H2,18,22,23). The maximum absolute atomic E-state index is 11.8. The van der Waals surface area contributed by atoms with Gasteiger partial charge in [0.2, 0.25) is 15.9 Å². The molecule has 0 unspecified atom stereocenters. The first kappa shape index (κ1) is 18.9. The maximum Gasteiger partial charge on any atom is 0.238 e. The number of sulfonamides is 1. The average Bonchev–Trinajstić information content (AvgIpc) is 2.55. The van der Waals surface area contributed by atoms with Gasteiger partial charge in [0.15, 0.2) is 0 Å². The first-order valence-corrected chi connectivity index (χ1v) is 10.1. The highest BCUT2D eigenvalue weighted by Crippen LogP contribution is 2.17. The summed E-state index contributed by atoms with van der Waals surface area (Å²) in [5, 5.41) is 11.4.